The highest BCUT2D eigenvalue weighted by molar-refractivity contribution is 7.91. The van der Waals surface area contributed by atoms with Gasteiger partial charge in [0.25, 0.3) is 0 Å². The average Bonchev–Trinajstić information content (AvgIpc) is 2.96. The van der Waals surface area contributed by atoms with Gasteiger partial charge < -0.3 is 20.3 Å². The van der Waals surface area contributed by atoms with Gasteiger partial charge in [-0.05, 0) is 81.9 Å². The first-order chi connectivity index (χ1) is 21.3. The Morgan fingerprint density at radius 2 is 1.65 bits per heavy atom. The van der Waals surface area contributed by atoms with E-state index in [-0.39, 0.29) is 36.1 Å². The summed E-state index contributed by atoms with van der Waals surface area (Å²) in [7, 11) is -0.180. The van der Waals surface area contributed by atoms with E-state index in [0.717, 1.165) is 0 Å². The zero-order valence-electron chi connectivity index (χ0n) is 24.9. The Bertz CT molecular complexity index is 1580. The number of piperidine rings is 1. The molecule has 0 spiro atoms. The third-order valence-electron chi connectivity index (χ3n) is 8.59. The molecule has 16 heteroatoms. The van der Waals surface area contributed by atoms with Crippen LogP contribution in [0.25, 0.3) is 0 Å². The minimum atomic E-state index is -5.64. The first kappa shape index (κ1) is 35.2. The quantitative estimate of drug-likeness (QED) is 0.247. The number of hydrogen-bond acceptors (Lipinski definition) is 7. The third kappa shape index (κ3) is 7.48. The summed E-state index contributed by atoms with van der Waals surface area (Å²) >= 11 is 0. The van der Waals surface area contributed by atoms with Gasteiger partial charge >= 0.3 is 18.3 Å². The van der Waals surface area contributed by atoms with Crippen molar-refractivity contribution in [2.75, 3.05) is 26.4 Å². The Labute approximate surface area is 261 Å². The van der Waals surface area contributed by atoms with Crippen LogP contribution >= 0.6 is 0 Å². The molecule has 2 N–H and O–H groups in total. The van der Waals surface area contributed by atoms with Crippen LogP contribution in [-0.4, -0.2) is 80.7 Å². The molecule has 46 heavy (non-hydrogen) atoms. The van der Waals surface area contributed by atoms with E-state index in [4.69, 9.17) is 5.73 Å². The summed E-state index contributed by atoms with van der Waals surface area (Å²) in [4.78, 5) is 41.3. The number of primary amides is 1. The van der Waals surface area contributed by atoms with Gasteiger partial charge in [0.1, 0.15) is 11.3 Å². The second-order valence-electron chi connectivity index (χ2n) is 11.7. The number of nitrogens with zero attached hydrogens (tertiary/aromatic N) is 2. The SMILES string of the molecule is CN(C)[C@@H]1CC[C@H](N2CCC[C@@H](c3c(C(N)=O)ccc(OC(=O)C(F)(F)F)c3C(F)(F)F)C2=O)[C@H](CS(=O)(=O)c2ccccc2)C1. The van der Waals surface area contributed by atoms with Crippen molar-refractivity contribution in [3.63, 3.8) is 0 Å². The molecule has 2 amide bonds. The molecule has 1 heterocycles. The number of benzene rings is 2. The van der Waals surface area contributed by atoms with E-state index in [2.05, 4.69) is 4.74 Å². The number of likely N-dealkylation sites (tertiary alicyclic amines) is 1. The van der Waals surface area contributed by atoms with Gasteiger partial charge in [-0.1, -0.05) is 18.2 Å². The highest BCUT2D eigenvalue weighted by Gasteiger charge is 2.49. The number of carbonyl (C=O) groups excluding carboxylic acids is 3. The molecule has 0 unspecified atom stereocenters. The number of rotatable bonds is 8. The fourth-order valence-corrected chi connectivity index (χ4v) is 8.18. The van der Waals surface area contributed by atoms with Gasteiger partial charge in [0, 0.05) is 24.2 Å². The number of amides is 2. The molecule has 1 aliphatic heterocycles. The summed E-state index contributed by atoms with van der Waals surface area (Å²) < 4.78 is 113. The zero-order chi connectivity index (χ0) is 34.2. The zero-order valence-corrected chi connectivity index (χ0v) is 25.7. The first-order valence-electron chi connectivity index (χ1n) is 14.4. The molecule has 252 valence electrons. The van der Waals surface area contributed by atoms with Crippen LogP contribution in [-0.2, 0) is 25.6 Å². The lowest BCUT2D eigenvalue weighted by atomic mass is 9.78. The second-order valence-corrected chi connectivity index (χ2v) is 13.8. The summed E-state index contributed by atoms with van der Waals surface area (Å²) in [6, 6.07) is 8.02. The van der Waals surface area contributed by atoms with Gasteiger partial charge in [0.15, 0.2) is 9.84 Å². The van der Waals surface area contributed by atoms with Crippen molar-refractivity contribution in [1.29, 1.82) is 0 Å². The lowest BCUT2D eigenvalue weighted by Crippen LogP contribution is -2.54. The van der Waals surface area contributed by atoms with Crippen LogP contribution in [0, 0.1) is 5.92 Å². The third-order valence-corrected chi connectivity index (χ3v) is 10.5. The number of sulfone groups is 1. The normalized spacial score (nSPS) is 23.0. The van der Waals surface area contributed by atoms with E-state index >= 15 is 0 Å². The lowest BCUT2D eigenvalue weighted by Gasteiger charge is -2.46. The molecule has 2 aromatic carbocycles. The van der Waals surface area contributed by atoms with Gasteiger partial charge in [-0.3, -0.25) is 9.59 Å². The first-order valence-corrected chi connectivity index (χ1v) is 16.1. The van der Waals surface area contributed by atoms with Crippen LogP contribution in [0.2, 0.25) is 0 Å². The molecule has 1 aliphatic carbocycles. The molecule has 0 radical (unpaired) electrons. The van der Waals surface area contributed by atoms with Crippen LogP contribution in [0.4, 0.5) is 26.3 Å². The van der Waals surface area contributed by atoms with Crippen molar-refractivity contribution in [1.82, 2.24) is 9.80 Å². The Hall–Kier alpha value is -3.66. The predicted molar refractivity (Wildman–Crippen MR) is 152 cm³/mol. The van der Waals surface area contributed by atoms with Gasteiger partial charge in [-0.25, -0.2) is 13.2 Å². The van der Waals surface area contributed by atoms with Crippen molar-refractivity contribution in [3.8, 4) is 5.75 Å². The van der Waals surface area contributed by atoms with Crippen molar-refractivity contribution in [2.24, 2.45) is 11.7 Å². The Morgan fingerprint density at radius 1 is 1.00 bits per heavy atom. The number of halogens is 6. The second kappa shape index (κ2) is 13.2. The van der Waals surface area contributed by atoms with E-state index in [9.17, 15) is 49.1 Å². The van der Waals surface area contributed by atoms with E-state index in [1.165, 1.54) is 17.0 Å². The van der Waals surface area contributed by atoms with Crippen LogP contribution in [0.5, 0.6) is 5.75 Å². The van der Waals surface area contributed by atoms with Gasteiger partial charge in [0.2, 0.25) is 11.8 Å². The minimum Gasteiger partial charge on any atom is -0.419 e. The number of carbonyl (C=O) groups is 3. The average molecular weight is 678 g/mol. The number of hydrogen-bond donors (Lipinski definition) is 1. The maximum absolute atomic E-state index is 14.5. The Balaban J connectivity index is 1.78. The molecule has 2 aromatic rings. The molecule has 1 saturated carbocycles. The summed E-state index contributed by atoms with van der Waals surface area (Å²) in [6.45, 7) is 0.0739. The molecule has 2 fully saturated rings. The standard InChI is InChI=1S/C30H33F6N3O6S/c1-38(2)18-10-12-22(17(15-18)16-46(43,44)19-7-4-3-5-8-19)39-14-6-9-21(27(39)41)24-20(26(37)40)11-13-23(25(24)29(31,32)33)45-28(42)30(34,35)36/h3-5,7-8,11,13,17-18,21-22H,6,9-10,12,14-16H2,1-2H3,(H2,37,40)/t17-,18+,21-,22-/m0/s1. The smallest absolute Gasteiger partial charge is 0.419 e. The van der Waals surface area contributed by atoms with Crippen LogP contribution < -0.4 is 10.5 Å². The summed E-state index contributed by atoms with van der Waals surface area (Å²) in [5, 5.41) is 0. The van der Waals surface area contributed by atoms with Gasteiger partial charge in [-0.15, -0.1) is 0 Å². The predicted octanol–water partition coefficient (Wildman–Crippen LogP) is 4.55. The minimum absolute atomic E-state index is 0.0405. The number of alkyl halides is 6. The van der Waals surface area contributed by atoms with E-state index in [1.54, 1.807) is 18.2 Å². The van der Waals surface area contributed by atoms with Crippen molar-refractivity contribution >= 4 is 27.6 Å². The molecule has 4 rings (SSSR count). The molecular weight excluding hydrogens is 644 g/mol. The molecule has 4 atom stereocenters. The largest absolute Gasteiger partial charge is 0.491 e. The maximum Gasteiger partial charge on any atom is 0.491 e. The van der Waals surface area contributed by atoms with E-state index in [0.29, 0.717) is 31.4 Å². The summed E-state index contributed by atoms with van der Waals surface area (Å²) in [6.07, 6.45) is -9.96. The van der Waals surface area contributed by atoms with Crippen LogP contribution in [0.1, 0.15) is 59.5 Å². The fourth-order valence-electron chi connectivity index (χ4n) is 6.50. The molecule has 2 aliphatic rings. The van der Waals surface area contributed by atoms with Crippen molar-refractivity contribution in [2.45, 2.75) is 67.4 Å². The van der Waals surface area contributed by atoms with Crippen molar-refractivity contribution in [3.05, 3.63) is 59.2 Å². The summed E-state index contributed by atoms with van der Waals surface area (Å²) in [5.41, 5.74) is 1.74. The molecule has 9 nitrogen and oxygen atoms in total. The van der Waals surface area contributed by atoms with Crippen LogP contribution in [0.3, 0.4) is 0 Å². The molecular formula is C30H33F6N3O6S. The lowest BCUT2D eigenvalue weighted by molar-refractivity contribution is -0.190. The topological polar surface area (TPSA) is 127 Å². The van der Waals surface area contributed by atoms with E-state index < -0.39 is 80.3 Å². The van der Waals surface area contributed by atoms with Crippen molar-refractivity contribution < 1.29 is 53.9 Å². The number of ether oxygens (including phenoxy) is 1. The van der Waals surface area contributed by atoms with Gasteiger partial charge in [-0.2, -0.15) is 26.3 Å². The van der Waals surface area contributed by atoms with Crippen LogP contribution in [0.15, 0.2) is 47.4 Å². The Kier molecular flexibility index (Phi) is 10.1. The molecule has 0 bridgehead atoms. The monoisotopic (exact) mass is 677 g/mol. The Morgan fingerprint density at radius 3 is 2.22 bits per heavy atom. The maximum atomic E-state index is 14.5. The van der Waals surface area contributed by atoms with Gasteiger partial charge in [0.05, 0.1) is 16.6 Å². The molecule has 1 saturated heterocycles. The highest BCUT2D eigenvalue weighted by atomic mass is 32.2. The fraction of sp³-hybridized carbons (Fsp3) is 0.500. The number of esters is 1. The number of nitrogens with two attached hydrogens (primary N) is 1. The highest BCUT2D eigenvalue weighted by Crippen LogP contribution is 2.47. The summed E-state index contributed by atoms with van der Waals surface area (Å²) in [5.74, 6) is -9.36. The van der Waals surface area contributed by atoms with E-state index in [1.807, 2.05) is 19.0 Å². The molecule has 0 aromatic heterocycles.